The molecule has 1 saturated heterocycles. The average molecular weight is 350 g/mol. The maximum Gasteiger partial charge on any atom is 0.285 e. The van der Waals surface area contributed by atoms with E-state index >= 15 is 0 Å². The lowest BCUT2D eigenvalue weighted by molar-refractivity contribution is -0.157. The number of fused-ring (bicyclic) bond motifs is 1. The molecule has 0 bridgehead atoms. The number of nitrogens with one attached hydrogen (secondary N) is 1. The minimum atomic E-state index is -0.881. The highest BCUT2D eigenvalue weighted by molar-refractivity contribution is 7.99. The van der Waals surface area contributed by atoms with Crippen LogP contribution in [-0.4, -0.2) is 47.1 Å². The van der Waals surface area contributed by atoms with E-state index in [1.54, 1.807) is 0 Å². The number of carbonyl (C=O) groups is 2. The fraction of sp³-hybridized carbons (Fsp3) is 0.467. The smallest absolute Gasteiger partial charge is 0.285 e. The number of amides is 2. The number of hydrogen-bond donors (Lipinski definition) is 3. The van der Waals surface area contributed by atoms with Gasteiger partial charge < -0.3 is 10.6 Å². The molecule has 24 heavy (non-hydrogen) atoms. The van der Waals surface area contributed by atoms with E-state index in [1.165, 1.54) is 11.8 Å². The lowest BCUT2D eigenvalue weighted by Gasteiger charge is -2.36. The molecule has 2 unspecified atom stereocenters. The van der Waals surface area contributed by atoms with Crippen LogP contribution in [0.3, 0.4) is 0 Å². The molecule has 4 atom stereocenters. The number of carbonyl (C=O) groups excluding carboxylic acids is 2. The number of halogens is 1. The Morgan fingerprint density at radius 1 is 1.33 bits per heavy atom. The first kappa shape index (κ1) is 14.6. The number of benzene rings is 1. The summed E-state index contributed by atoms with van der Waals surface area (Å²) in [5.41, 5.74) is 6.93. The van der Waals surface area contributed by atoms with Crippen molar-refractivity contribution in [2.24, 2.45) is 17.6 Å². The molecule has 2 amide bonds. The average Bonchev–Trinajstić information content (AvgIpc) is 2.97. The van der Waals surface area contributed by atoms with Crippen LogP contribution in [0, 0.1) is 17.7 Å². The van der Waals surface area contributed by atoms with Crippen molar-refractivity contribution in [3.63, 3.8) is 0 Å². The van der Waals surface area contributed by atoms with Crippen LogP contribution in [0.15, 0.2) is 11.0 Å². The van der Waals surface area contributed by atoms with Crippen LogP contribution < -0.4 is 16.0 Å². The van der Waals surface area contributed by atoms with Crippen molar-refractivity contribution in [1.82, 2.24) is 10.4 Å². The third-order valence-electron chi connectivity index (χ3n) is 5.49. The van der Waals surface area contributed by atoms with Gasteiger partial charge >= 0.3 is 0 Å². The van der Waals surface area contributed by atoms with Gasteiger partial charge in [-0.1, -0.05) is 0 Å². The van der Waals surface area contributed by atoms with E-state index in [9.17, 15) is 19.2 Å². The summed E-state index contributed by atoms with van der Waals surface area (Å²) in [6, 6.07) is 0.514. The third kappa shape index (κ3) is 1.72. The Bertz CT molecular complexity index is 791. The zero-order chi connectivity index (χ0) is 16.7. The number of thioether (sulfide) groups is 1. The molecule has 2 fully saturated rings. The van der Waals surface area contributed by atoms with Gasteiger partial charge in [0.15, 0.2) is 0 Å². The molecule has 3 aliphatic heterocycles. The largest absolute Gasteiger partial charge is 0.368 e. The minimum Gasteiger partial charge on any atom is -0.368 e. The number of nitrogens with zero attached hydrogens (tertiary/aromatic N) is 2. The third-order valence-corrected chi connectivity index (χ3v) is 6.51. The fourth-order valence-corrected chi connectivity index (χ4v) is 5.28. The Kier molecular flexibility index (Phi) is 2.86. The molecular weight excluding hydrogens is 335 g/mol. The number of rotatable bonds is 1. The summed E-state index contributed by atoms with van der Waals surface area (Å²) in [4.78, 5) is 27.0. The maximum absolute atomic E-state index is 14.8. The molecule has 3 heterocycles. The number of hydrogen-bond acceptors (Lipinski definition) is 7. The van der Waals surface area contributed by atoms with Gasteiger partial charge in [-0.25, -0.2) is 4.39 Å². The van der Waals surface area contributed by atoms with Gasteiger partial charge in [0.05, 0.1) is 11.3 Å². The summed E-state index contributed by atoms with van der Waals surface area (Å²) in [6.07, 6.45) is 0. The van der Waals surface area contributed by atoms with Gasteiger partial charge in [-0.05, 0) is 17.9 Å². The summed E-state index contributed by atoms with van der Waals surface area (Å²) in [6.45, 7) is 1.39. The molecule has 1 aromatic carbocycles. The monoisotopic (exact) mass is 350 g/mol. The number of anilines is 1. The lowest BCUT2D eigenvalue weighted by atomic mass is 9.93. The van der Waals surface area contributed by atoms with Crippen LogP contribution >= 0.6 is 11.8 Å². The second-order valence-electron chi connectivity index (χ2n) is 6.69. The normalized spacial score (nSPS) is 33.6. The second-order valence-corrected chi connectivity index (χ2v) is 7.67. The van der Waals surface area contributed by atoms with E-state index in [0.29, 0.717) is 46.9 Å². The number of hydroxylamine groups is 2. The van der Waals surface area contributed by atoms with Crippen molar-refractivity contribution in [3.05, 3.63) is 23.0 Å². The molecule has 0 spiro atoms. The highest BCUT2D eigenvalue weighted by Gasteiger charge is 2.54. The molecule has 0 radical (unpaired) electrons. The summed E-state index contributed by atoms with van der Waals surface area (Å²) in [5.74, 6) is -0.909. The van der Waals surface area contributed by atoms with Crippen molar-refractivity contribution in [2.75, 3.05) is 23.9 Å². The Balaban J connectivity index is 1.66. The zero-order valence-electron chi connectivity index (χ0n) is 12.5. The standard InChI is InChI=1S/C15H15FN4O3S/c16-8-1-5-9-11(15(22)20(23)14(5)21)18-4-24-13(9)12(8)19-2-6-7(3-19)10(6)17/h1,6-7,10-11,18,23H,2-4,17H2/t6-,7+,10?,11?. The second kappa shape index (κ2) is 4.69. The topological polar surface area (TPSA) is 98.9 Å². The molecule has 1 aromatic rings. The molecule has 4 aliphatic rings. The number of imide groups is 1. The van der Waals surface area contributed by atoms with Gasteiger partial charge in [0.25, 0.3) is 11.8 Å². The van der Waals surface area contributed by atoms with Gasteiger partial charge in [0.1, 0.15) is 11.9 Å². The Hall–Kier alpha value is -1.68. The first-order chi connectivity index (χ1) is 11.5. The molecule has 9 heteroatoms. The predicted molar refractivity (Wildman–Crippen MR) is 83.1 cm³/mol. The van der Waals surface area contributed by atoms with E-state index in [0.717, 1.165) is 6.07 Å². The first-order valence-corrected chi connectivity index (χ1v) is 8.78. The summed E-state index contributed by atoms with van der Waals surface area (Å²) in [5, 5.41) is 12.7. The van der Waals surface area contributed by atoms with Crippen molar-refractivity contribution in [1.29, 1.82) is 0 Å². The van der Waals surface area contributed by atoms with Crippen molar-refractivity contribution >= 4 is 29.3 Å². The molecule has 7 nitrogen and oxygen atoms in total. The Morgan fingerprint density at radius 3 is 2.75 bits per heavy atom. The molecule has 5 rings (SSSR count). The Morgan fingerprint density at radius 2 is 2.04 bits per heavy atom. The maximum atomic E-state index is 14.8. The molecule has 1 saturated carbocycles. The highest BCUT2D eigenvalue weighted by Crippen LogP contribution is 2.50. The summed E-state index contributed by atoms with van der Waals surface area (Å²) >= 11 is 1.38. The molecular formula is C15H15FN4O3S. The van der Waals surface area contributed by atoms with Gasteiger partial charge in [0, 0.05) is 35.5 Å². The van der Waals surface area contributed by atoms with Gasteiger partial charge in [-0.15, -0.1) is 11.8 Å². The van der Waals surface area contributed by atoms with Gasteiger partial charge in [0.2, 0.25) is 0 Å². The van der Waals surface area contributed by atoms with Crippen LogP contribution in [0.25, 0.3) is 0 Å². The SMILES string of the molecule is NC1[C@H]2CN(c3c(F)cc4c5c3SCNC5C(=O)N(O)C4=O)C[C@@H]12. The molecule has 0 aromatic heterocycles. The van der Waals surface area contributed by atoms with Gasteiger partial charge in [-0.3, -0.25) is 20.1 Å². The van der Waals surface area contributed by atoms with E-state index in [1.807, 2.05) is 4.90 Å². The van der Waals surface area contributed by atoms with E-state index in [2.05, 4.69) is 5.32 Å². The van der Waals surface area contributed by atoms with Crippen LogP contribution in [-0.2, 0) is 4.79 Å². The number of nitrogens with two attached hydrogens (primary N) is 1. The minimum absolute atomic E-state index is 0.0408. The number of piperidine rings is 1. The van der Waals surface area contributed by atoms with Gasteiger partial charge in [-0.2, -0.15) is 5.06 Å². The fourth-order valence-electron chi connectivity index (χ4n) is 4.14. The van der Waals surface area contributed by atoms with Crippen molar-refractivity contribution in [3.8, 4) is 0 Å². The van der Waals surface area contributed by atoms with Crippen LogP contribution in [0.1, 0.15) is 22.0 Å². The van der Waals surface area contributed by atoms with E-state index in [4.69, 9.17) is 5.73 Å². The lowest BCUT2D eigenvalue weighted by Crippen LogP contribution is -2.49. The molecule has 1 aliphatic carbocycles. The van der Waals surface area contributed by atoms with Crippen LogP contribution in [0.4, 0.5) is 10.1 Å². The molecule has 126 valence electrons. The Labute approximate surface area is 140 Å². The quantitative estimate of drug-likeness (QED) is 0.494. The molecule has 4 N–H and O–H groups in total. The highest BCUT2D eigenvalue weighted by atomic mass is 32.2. The van der Waals surface area contributed by atoms with E-state index < -0.39 is 23.7 Å². The zero-order valence-corrected chi connectivity index (χ0v) is 13.3. The van der Waals surface area contributed by atoms with Crippen molar-refractivity contribution < 1.29 is 19.2 Å². The van der Waals surface area contributed by atoms with Crippen molar-refractivity contribution in [2.45, 2.75) is 17.0 Å². The van der Waals surface area contributed by atoms with Crippen LogP contribution in [0.2, 0.25) is 0 Å². The summed E-state index contributed by atoms with van der Waals surface area (Å²) < 4.78 is 14.8. The summed E-state index contributed by atoms with van der Waals surface area (Å²) in [7, 11) is 0. The van der Waals surface area contributed by atoms with E-state index in [-0.39, 0.29) is 16.7 Å². The van der Waals surface area contributed by atoms with Crippen LogP contribution in [0.5, 0.6) is 0 Å². The predicted octanol–water partition coefficient (Wildman–Crippen LogP) is 0.284. The first-order valence-electron chi connectivity index (χ1n) is 7.79.